The molecule has 6 heteroatoms. The van der Waals surface area contributed by atoms with E-state index in [9.17, 15) is 8.42 Å². The SMILES string of the molecule is CS(=O)(=O)c1ccc(SCc2ccc(C#N)cc2Cl)cc1. The molecule has 0 aliphatic heterocycles. The van der Waals surface area contributed by atoms with Crippen molar-refractivity contribution in [2.45, 2.75) is 15.5 Å². The summed E-state index contributed by atoms with van der Waals surface area (Å²) in [5, 5.41) is 9.35. The molecule has 0 aliphatic rings. The first kappa shape index (κ1) is 15.9. The summed E-state index contributed by atoms with van der Waals surface area (Å²) in [7, 11) is -3.16. The van der Waals surface area contributed by atoms with Crippen LogP contribution < -0.4 is 0 Å². The third-order valence-electron chi connectivity index (χ3n) is 2.83. The minimum atomic E-state index is -3.16. The van der Waals surface area contributed by atoms with Crippen LogP contribution in [0.4, 0.5) is 0 Å². The molecule has 0 fully saturated rings. The van der Waals surface area contributed by atoms with Gasteiger partial charge in [0.1, 0.15) is 0 Å². The number of hydrogen-bond acceptors (Lipinski definition) is 4. The molecule has 0 N–H and O–H groups in total. The Morgan fingerprint density at radius 1 is 1.19 bits per heavy atom. The zero-order chi connectivity index (χ0) is 15.5. The summed E-state index contributed by atoms with van der Waals surface area (Å²) in [6.07, 6.45) is 1.19. The van der Waals surface area contributed by atoms with Crippen molar-refractivity contribution in [3.8, 4) is 6.07 Å². The van der Waals surface area contributed by atoms with Crippen LogP contribution in [0.2, 0.25) is 5.02 Å². The lowest BCUT2D eigenvalue weighted by atomic mass is 10.2. The molecular formula is C15H12ClNO2S2. The lowest BCUT2D eigenvalue weighted by Gasteiger charge is -2.05. The van der Waals surface area contributed by atoms with E-state index in [-0.39, 0.29) is 0 Å². The van der Waals surface area contributed by atoms with E-state index in [2.05, 4.69) is 0 Å². The van der Waals surface area contributed by atoms with Crippen molar-refractivity contribution in [3.05, 3.63) is 58.6 Å². The van der Waals surface area contributed by atoms with Crippen LogP contribution in [0.25, 0.3) is 0 Å². The average Bonchev–Trinajstić information content (AvgIpc) is 2.45. The number of thioether (sulfide) groups is 1. The Labute approximate surface area is 133 Å². The van der Waals surface area contributed by atoms with Gasteiger partial charge in [-0.15, -0.1) is 11.8 Å². The van der Waals surface area contributed by atoms with Crippen LogP contribution in [0.3, 0.4) is 0 Å². The van der Waals surface area contributed by atoms with E-state index in [0.29, 0.717) is 21.2 Å². The van der Waals surface area contributed by atoms with Gasteiger partial charge >= 0.3 is 0 Å². The molecule has 0 radical (unpaired) electrons. The van der Waals surface area contributed by atoms with Crippen LogP contribution in [0, 0.1) is 11.3 Å². The van der Waals surface area contributed by atoms with E-state index < -0.39 is 9.84 Å². The average molecular weight is 338 g/mol. The van der Waals surface area contributed by atoms with Crippen molar-refractivity contribution in [2.24, 2.45) is 0 Å². The third-order valence-corrected chi connectivity index (χ3v) is 5.37. The first-order valence-corrected chi connectivity index (χ1v) is 9.27. The second-order valence-electron chi connectivity index (χ2n) is 4.45. The van der Waals surface area contributed by atoms with E-state index in [0.717, 1.165) is 10.5 Å². The predicted molar refractivity (Wildman–Crippen MR) is 85.3 cm³/mol. The molecular weight excluding hydrogens is 326 g/mol. The van der Waals surface area contributed by atoms with Gasteiger partial charge < -0.3 is 0 Å². The Kier molecular flexibility index (Phi) is 4.94. The van der Waals surface area contributed by atoms with Crippen LogP contribution in [-0.2, 0) is 15.6 Å². The Morgan fingerprint density at radius 3 is 2.38 bits per heavy atom. The summed E-state index contributed by atoms with van der Waals surface area (Å²) in [5.74, 6) is 0.656. The van der Waals surface area contributed by atoms with Gasteiger partial charge in [0, 0.05) is 21.9 Å². The fourth-order valence-corrected chi connectivity index (χ4v) is 3.54. The van der Waals surface area contributed by atoms with Crippen LogP contribution in [0.15, 0.2) is 52.3 Å². The molecule has 0 aromatic heterocycles. The zero-order valence-electron chi connectivity index (χ0n) is 11.2. The van der Waals surface area contributed by atoms with Crippen molar-refractivity contribution < 1.29 is 8.42 Å². The first-order valence-electron chi connectivity index (χ1n) is 6.01. The second-order valence-corrected chi connectivity index (χ2v) is 7.92. The van der Waals surface area contributed by atoms with E-state index in [4.69, 9.17) is 16.9 Å². The number of halogens is 1. The van der Waals surface area contributed by atoms with Gasteiger partial charge in [0.15, 0.2) is 9.84 Å². The lowest BCUT2D eigenvalue weighted by molar-refractivity contribution is 0.602. The number of nitriles is 1. The molecule has 3 nitrogen and oxygen atoms in total. The van der Waals surface area contributed by atoms with Gasteiger partial charge in [0.2, 0.25) is 0 Å². The van der Waals surface area contributed by atoms with Crippen molar-refractivity contribution in [2.75, 3.05) is 6.26 Å². The summed E-state index contributed by atoms with van der Waals surface area (Å²) < 4.78 is 22.8. The summed E-state index contributed by atoms with van der Waals surface area (Å²) in [5.41, 5.74) is 1.47. The first-order chi connectivity index (χ1) is 9.90. The fraction of sp³-hybridized carbons (Fsp3) is 0.133. The van der Waals surface area contributed by atoms with Crippen LogP contribution in [0.1, 0.15) is 11.1 Å². The lowest BCUT2D eigenvalue weighted by Crippen LogP contribution is -1.96. The maximum Gasteiger partial charge on any atom is 0.175 e. The summed E-state index contributed by atoms with van der Waals surface area (Å²) in [6, 6.07) is 14.0. The fourth-order valence-electron chi connectivity index (χ4n) is 1.68. The van der Waals surface area contributed by atoms with Gasteiger partial charge in [-0.05, 0) is 42.0 Å². The molecule has 0 spiro atoms. The number of sulfone groups is 1. The minimum Gasteiger partial charge on any atom is -0.224 e. The summed E-state index contributed by atoms with van der Waals surface area (Å²) >= 11 is 7.67. The van der Waals surface area contributed by atoms with Crippen molar-refractivity contribution in [3.63, 3.8) is 0 Å². The standard InChI is InChI=1S/C15H12ClNO2S2/c1-21(18,19)14-6-4-13(5-7-14)20-10-12-3-2-11(9-17)8-15(12)16/h2-8H,10H2,1H3. The molecule has 0 amide bonds. The molecule has 0 atom stereocenters. The van der Waals surface area contributed by atoms with E-state index in [1.807, 2.05) is 12.1 Å². The quantitative estimate of drug-likeness (QED) is 0.794. The largest absolute Gasteiger partial charge is 0.224 e. The Balaban J connectivity index is 2.09. The maximum atomic E-state index is 11.4. The highest BCUT2D eigenvalue weighted by Gasteiger charge is 2.07. The van der Waals surface area contributed by atoms with Gasteiger partial charge in [-0.3, -0.25) is 0 Å². The van der Waals surface area contributed by atoms with Crippen LogP contribution >= 0.6 is 23.4 Å². The number of rotatable bonds is 4. The highest BCUT2D eigenvalue weighted by molar-refractivity contribution is 7.98. The molecule has 0 saturated heterocycles. The number of benzene rings is 2. The summed E-state index contributed by atoms with van der Waals surface area (Å²) in [6.45, 7) is 0. The molecule has 2 rings (SSSR count). The molecule has 0 saturated carbocycles. The van der Waals surface area contributed by atoms with Gasteiger partial charge in [0.05, 0.1) is 16.5 Å². The van der Waals surface area contributed by atoms with Gasteiger partial charge in [-0.25, -0.2) is 8.42 Å². The monoisotopic (exact) mass is 337 g/mol. The zero-order valence-corrected chi connectivity index (χ0v) is 13.6. The highest BCUT2D eigenvalue weighted by atomic mass is 35.5. The van der Waals surface area contributed by atoms with Gasteiger partial charge in [-0.2, -0.15) is 5.26 Å². The van der Waals surface area contributed by atoms with Crippen molar-refractivity contribution in [1.82, 2.24) is 0 Å². The predicted octanol–water partition coefficient (Wildman–Crippen LogP) is 3.91. The molecule has 0 bridgehead atoms. The number of nitrogens with zero attached hydrogens (tertiary/aromatic N) is 1. The third kappa shape index (κ3) is 4.24. The van der Waals surface area contributed by atoms with Crippen molar-refractivity contribution in [1.29, 1.82) is 5.26 Å². The molecule has 0 unspecified atom stereocenters. The molecule has 21 heavy (non-hydrogen) atoms. The second kappa shape index (κ2) is 6.52. The normalized spacial score (nSPS) is 11.1. The van der Waals surface area contributed by atoms with Crippen molar-refractivity contribution >= 4 is 33.2 Å². The van der Waals surface area contributed by atoms with E-state index in [1.54, 1.807) is 48.2 Å². The molecule has 0 aliphatic carbocycles. The minimum absolute atomic E-state index is 0.309. The number of hydrogen-bond donors (Lipinski definition) is 0. The topological polar surface area (TPSA) is 57.9 Å². The maximum absolute atomic E-state index is 11.4. The Bertz CT molecular complexity index is 793. The molecule has 0 heterocycles. The highest BCUT2D eigenvalue weighted by Crippen LogP contribution is 2.28. The van der Waals surface area contributed by atoms with E-state index >= 15 is 0 Å². The molecule has 108 valence electrons. The van der Waals surface area contributed by atoms with E-state index in [1.165, 1.54) is 6.26 Å². The summed E-state index contributed by atoms with van der Waals surface area (Å²) in [4.78, 5) is 1.27. The Hall–Kier alpha value is -1.48. The van der Waals surface area contributed by atoms with Crippen LogP contribution in [-0.4, -0.2) is 14.7 Å². The van der Waals surface area contributed by atoms with Gasteiger partial charge in [-0.1, -0.05) is 17.7 Å². The molecule has 2 aromatic rings. The Morgan fingerprint density at radius 2 is 1.86 bits per heavy atom. The smallest absolute Gasteiger partial charge is 0.175 e. The molecule has 2 aromatic carbocycles. The van der Waals surface area contributed by atoms with Crippen LogP contribution in [0.5, 0.6) is 0 Å². The van der Waals surface area contributed by atoms with Gasteiger partial charge in [0.25, 0.3) is 0 Å².